The van der Waals surface area contributed by atoms with Crippen LogP contribution in [0.3, 0.4) is 0 Å². The van der Waals surface area contributed by atoms with E-state index in [4.69, 9.17) is 17.3 Å². The Morgan fingerprint density at radius 1 is 1.40 bits per heavy atom. The first kappa shape index (κ1) is 13.6. The monoisotopic (exact) mass is 293 g/mol. The molecule has 5 nitrogen and oxygen atoms in total. The summed E-state index contributed by atoms with van der Waals surface area (Å²) in [7, 11) is 0. The summed E-state index contributed by atoms with van der Waals surface area (Å²) < 4.78 is 1.92. The van der Waals surface area contributed by atoms with Crippen LogP contribution >= 0.6 is 12.2 Å². The highest BCUT2D eigenvalue weighted by Gasteiger charge is 2.35. The van der Waals surface area contributed by atoms with Gasteiger partial charge in [0, 0.05) is 43.9 Å². The van der Waals surface area contributed by atoms with Crippen molar-refractivity contribution in [2.24, 2.45) is 5.92 Å². The molecular weight excluding hydrogens is 274 g/mol. The van der Waals surface area contributed by atoms with Gasteiger partial charge in [0.25, 0.3) is 5.56 Å². The summed E-state index contributed by atoms with van der Waals surface area (Å²) in [6.07, 6.45) is 1.13. The lowest BCUT2D eigenvalue weighted by molar-refractivity contribution is 0.176. The minimum atomic E-state index is 0.0824. The summed E-state index contributed by atoms with van der Waals surface area (Å²) in [6, 6.07) is 5.53. The molecule has 0 aromatic carbocycles. The number of hydrogen-bond donors (Lipinski definition) is 2. The van der Waals surface area contributed by atoms with E-state index in [1.165, 1.54) is 0 Å². The first-order valence-electron chi connectivity index (χ1n) is 7.02. The quantitative estimate of drug-likeness (QED) is 0.759. The number of aliphatic hydroxyl groups is 1. The number of likely N-dealkylation sites (tertiary alicyclic amines) is 1. The molecule has 20 heavy (non-hydrogen) atoms. The maximum atomic E-state index is 11.9. The highest BCUT2D eigenvalue weighted by Crippen LogP contribution is 2.34. The Kier molecular flexibility index (Phi) is 3.76. The number of fused-ring (bicyclic) bond motifs is 4. The Bertz CT molecular complexity index is 572. The Balaban J connectivity index is 1.80. The number of nitrogens with one attached hydrogen (secondary N) is 1. The van der Waals surface area contributed by atoms with Crippen LogP contribution in [0.5, 0.6) is 0 Å². The van der Waals surface area contributed by atoms with Crippen molar-refractivity contribution in [1.29, 1.82) is 0 Å². The molecule has 2 atom stereocenters. The molecule has 0 unspecified atom stereocenters. The van der Waals surface area contributed by atoms with Crippen molar-refractivity contribution >= 4 is 17.3 Å². The zero-order valence-corrected chi connectivity index (χ0v) is 12.1. The maximum absolute atomic E-state index is 11.9. The minimum Gasteiger partial charge on any atom is -0.395 e. The molecule has 1 fully saturated rings. The van der Waals surface area contributed by atoms with Crippen molar-refractivity contribution in [3.63, 3.8) is 0 Å². The number of rotatable bonds is 2. The number of piperidine rings is 1. The SMILES string of the molecule is O=c1cccc2n1C[C@@H]1C[C@@H]2CN(C(=S)NCCO)C1. The molecule has 6 heteroatoms. The summed E-state index contributed by atoms with van der Waals surface area (Å²) in [6.45, 7) is 3.08. The van der Waals surface area contributed by atoms with Crippen LogP contribution in [0.1, 0.15) is 18.0 Å². The fourth-order valence-electron chi connectivity index (χ4n) is 3.34. The molecule has 2 aliphatic rings. The minimum absolute atomic E-state index is 0.0824. The first-order valence-corrected chi connectivity index (χ1v) is 7.43. The molecule has 2 bridgehead atoms. The van der Waals surface area contributed by atoms with Crippen molar-refractivity contribution in [3.05, 3.63) is 34.2 Å². The van der Waals surface area contributed by atoms with Crippen LogP contribution in [0.2, 0.25) is 0 Å². The summed E-state index contributed by atoms with van der Waals surface area (Å²) >= 11 is 5.38. The van der Waals surface area contributed by atoms with Crippen molar-refractivity contribution in [2.75, 3.05) is 26.2 Å². The first-order chi connectivity index (χ1) is 9.69. The molecule has 3 rings (SSSR count). The van der Waals surface area contributed by atoms with Crippen molar-refractivity contribution in [3.8, 4) is 0 Å². The van der Waals surface area contributed by atoms with Gasteiger partial charge in [-0.15, -0.1) is 0 Å². The van der Waals surface area contributed by atoms with Gasteiger partial charge in [0.05, 0.1) is 6.61 Å². The van der Waals surface area contributed by atoms with E-state index in [0.717, 1.165) is 31.7 Å². The summed E-state index contributed by atoms with van der Waals surface area (Å²) in [5.74, 6) is 0.834. The van der Waals surface area contributed by atoms with Crippen LogP contribution < -0.4 is 10.9 Å². The third kappa shape index (κ3) is 2.45. The van der Waals surface area contributed by atoms with Crippen molar-refractivity contribution in [2.45, 2.75) is 18.9 Å². The van der Waals surface area contributed by atoms with Crippen LogP contribution in [0, 0.1) is 5.92 Å². The second kappa shape index (κ2) is 5.54. The van der Waals surface area contributed by atoms with E-state index in [1.807, 2.05) is 10.6 Å². The molecule has 0 amide bonds. The van der Waals surface area contributed by atoms with Gasteiger partial charge < -0.3 is 19.9 Å². The summed E-state index contributed by atoms with van der Waals surface area (Å²) in [5, 5.41) is 12.6. The Morgan fingerprint density at radius 2 is 2.25 bits per heavy atom. The zero-order chi connectivity index (χ0) is 14.1. The zero-order valence-electron chi connectivity index (χ0n) is 11.3. The third-order valence-electron chi connectivity index (χ3n) is 4.15. The van der Waals surface area contributed by atoms with Crippen LogP contribution in [-0.2, 0) is 6.54 Å². The highest BCUT2D eigenvalue weighted by molar-refractivity contribution is 7.80. The van der Waals surface area contributed by atoms with Gasteiger partial charge in [-0.3, -0.25) is 4.79 Å². The number of nitrogens with zero attached hydrogens (tertiary/aromatic N) is 2. The fraction of sp³-hybridized carbons (Fsp3) is 0.571. The van der Waals surface area contributed by atoms with Gasteiger partial charge in [-0.1, -0.05) is 6.07 Å². The lowest BCUT2D eigenvalue weighted by Crippen LogP contribution is -2.52. The predicted octanol–water partition coefficient (Wildman–Crippen LogP) is 0.134. The van der Waals surface area contributed by atoms with Crippen LogP contribution in [0.25, 0.3) is 0 Å². The molecule has 1 aromatic heterocycles. The van der Waals surface area contributed by atoms with Gasteiger partial charge in [-0.25, -0.2) is 0 Å². The molecular formula is C14H19N3O2S. The van der Waals surface area contributed by atoms with Gasteiger partial charge in [-0.05, 0) is 30.6 Å². The largest absolute Gasteiger partial charge is 0.395 e. The van der Waals surface area contributed by atoms with Gasteiger partial charge in [0.15, 0.2) is 5.11 Å². The molecule has 2 aliphatic heterocycles. The van der Waals surface area contributed by atoms with Crippen molar-refractivity contribution < 1.29 is 5.11 Å². The van der Waals surface area contributed by atoms with E-state index < -0.39 is 0 Å². The standard InChI is InChI=1S/C14H19N3O2S/c18-5-4-15-14(20)16-7-10-6-11(9-16)12-2-1-3-13(19)17(12)8-10/h1-3,10-11,18H,4-9H2,(H,15,20)/t10-,11-/m1/s1. The average molecular weight is 293 g/mol. The van der Waals surface area contributed by atoms with Gasteiger partial charge >= 0.3 is 0 Å². The number of aliphatic hydroxyl groups excluding tert-OH is 1. The summed E-state index contributed by atoms with van der Waals surface area (Å²) in [5.41, 5.74) is 1.23. The second-order valence-electron chi connectivity index (χ2n) is 5.56. The molecule has 108 valence electrons. The molecule has 2 N–H and O–H groups in total. The lowest BCUT2D eigenvalue weighted by atomic mass is 9.83. The Hall–Kier alpha value is -1.40. The van der Waals surface area contributed by atoms with E-state index in [9.17, 15) is 4.79 Å². The molecule has 3 heterocycles. The van der Waals surface area contributed by atoms with Crippen LogP contribution in [0.15, 0.2) is 23.0 Å². The number of aromatic nitrogens is 1. The van der Waals surface area contributed by atoms with E-state index in [-0.39, 0.29) is 12.2 Å². The van der Waals surface area contributed by atoms with E-state index in [1.54, 1.807) is 6.07 Å². The molecule has 0 radical (unpaired) electrons. The predicted molar refractivity (Wildman–Crippen MR) is 80.8 cm³/mol. The number of thiocarbonyl (C=S) groups is 1. The van der Waals surface area contributed by atoms with Crippen molar-refractivity contribution in [1.82, 2.24) is 14.8 Å². The highest BCUT2D eigenvalue weighted by atomic mass is 32.1. The third-order valence-corrected chi connectivity index (χ3v) is 4.56. The Morgan fingerprint density at radius 3 is 3.05 bits per heavy atom. The van der Waals surface area contributed by atoms with Gasteiger partial charge in [0.2, 0.25) is 0 Å². The average Bonchev–Trinajstić information content (AvgIpc) is 2.46. The summed E-state index contributed by atoms with van der Waals surface area (Å²) in [4.78, 5) is 14.1. The maximum Gasteiger partial charge on any atom is 0.250 e. The number of hydrogen-bond acceptors (Lipinski definition) is 3. The van der Waals surface area contributed by atoms with Gasteiger partial charge in [0.1, 0.15) is 0 Å². The topological polar surface area (TPSA) is 57.5 Å². The van der Waals surface area contributed by atoms with Gasteiger partial charge in [-0.2, -0.15) is 0 Å². The molecule has 0 aliphatic carbocycles. The molecule has 0 saturated carbocycles. The molecule has 0 spiro atoms. The number of pyridine rings is 1. The van der Waals surface area contributed by atoms with Crippen LogP contribution in [0.4, 0.5) is 0 Å². The van der Waals surface area contributed by atoms with Crippen LogP contribution in [-0.4, -0.2) is 45.9 Å². The normalized spacial score (nSPS) is 24.1. The lowest BCUT2D eigenvalue weighted by Gasteiger charge is -2.43. The molecule has 1 aromatic rings. The second-order valence-corrected chi connectivity index (χ2v) is 5.95. The van der Waals surface area contributed by atoms with E-state index in [0.29, 0.717) is 23.5 Å². The van der Waals surface area contributed by atoms with E-state index in [2.05, 4.69) is 16.3 Å². The fourth-order valence-corrected chi connectivity index (χ4v) is 3.59. The van der Waals surface area contributed by atoms with E-state index >= 15 is 0 Å². The molecule has 1 saturated heterocycles. The smallest absolute Gasteiger partial charge is 0.250 e. The Labute approximate surface area is 123 Å².